The van der Waals surface area contributed by atoms with E-state index < -0.39 is 23.5 Å². The van der Waals surface area contributed by atoms with Crippen LogP contribution in [0.4, 0.5) is 0 Å². The first-order valence-corrected chi connectivity index (χ1v) is 5.85. The van der Waals surface area contributed by atoms with Gasteiger partial charge < -0.3 is 16.4 Å². The third kappa shape index (κ3) is 5.03. The van der Waals surface area contributed by atoms with Crippen LogP contribution in [0.3, 0.4) is 0 Å². The largest absolute Gasteiger partial charge is 0.463 e. The van der Waals surface area contributed by atoms with Gasteiger partial charge in [-0.2, -0.15) is 0 Å². The van der Waals surface area contributed by atoms with Gasteiger partial charge >= 0.3 is 5.97 Å². The van der Waals surface area contributed by atoms with Crippen LogP contribution < -0.4 is 0 Å². The molecule has 1 aliphatic heterocycles. The second-order valence-corrected chi connectivity index (χ2v) is 6.15. The van der Waals surface area contributed by atoms with Crippen LogP contribution in [0.2, 0.25) is 0 Å². The third-order valence-corrected chi connectivity index (χ3v) is 2.55. The molecule has 1 rings (SSSR count). The van der Waals surface area contributed by atoms with Gasteiger partial charge in [-0.25, -0.2) is 4.79 Å². The third-order valence-electron chi connectivity index (χ3n) is 2.55. The van der Waals surface area contributed by atoms with Crippen LogP contribution in [0.5, 0.6) is 0 Å². The van der Waals surface area contributed by atoms with Gasteiger partial charge in [-0.3, -0.25) is 4.79 Å². The van der Waals surface area contributed by atoms with Crippen molar-refractivity contribution < 1.29 is 37.6 Å². The Balaban J connectivity index is 0.00000289. The molecule has 5 heteroatoms. The van der Waals surface area contributed by atoms with Crippen molar-refractivity contribution in [2.75, 3.05) is 6.61 Å². The molecule has 2 atom stereocenters. The molecule has 1 aliphatic rings. The maximum absolute atomic E-state index is 12.0. The topological polar surface area (TPSA) is 52.6 Å². The van der Waals surface area contributed by atoms with Gasteiger partial charge in [0.15, 0.2) is 0 Å². The van der Waals surface area contributed by atoms with Crippen LogP contribution in [0.25, 0.3) is 0 Å². The molecule has 2 unspecified atom stereocenters. The SMILES string of the molecule is [CH2-]C(C)(CC(C)(C)C)C(=O)OC1CCOC1=O.[V]. The molecule has 1 fully saturated rings. The fourth-order valence-electron chi connectivity index (χ4n) is 2.10. The van der Waals surface area contributed by atoms with E-state index in [1.165, 1.54) is 0 Å². The zero-order valence-electron chi connectivity index (χ0n) is 11.5. The maximum atomic E-state index is 12.0. The minimum absolute atomic E-state index is 0. The Morgan fingerprint density at radius 3 is 2.39 bits per heavy atom. The van der Waals surface area contributed by atoms with Crippen LogP contribution in [0.15, 0.2) is 0 Å². The summed E-state index contributed by atoms with van der Waals surface area (Å²) in [5.41, 5.74) is -0.854. The summed E-state index contributed by atoms with van der Waals surface area (Å²) in [6.07, 6.45) is 0.292. The van der Waals surface area contributed by atoms with Crippen molar-refractivity contribution in [3.05, 3.63) is 6.92 Å². The summed E-state index contributed by atoms with van der Waals surface area (Å²) in [5, 5.41) is 0. The average Bonchev–Trinajstić information content (AvgIpc) is 2.47. The number of ether oxygens (including phenoxy) is 2. The van der Waals surface area contributed by atoms with E-state index in [0.29, 0.717) is 19.4 Å². The first-order chi connectivity index (χ1) is 7.62. The standard InChI is InChI=1S/C13H21O4.V/c1-12(2,3)8-13(4,5)11(15)17-9-6-7-16-10(9)14;/h9H,4,6-8H2,1-3,5H3;/q-1;. The van der Waals surface area contributed by atoms with Crippen LogP contribution in [-0.2, 0) is 37.6 Å². The molecule has 1 saturated heterocycles. The van der Waals surface area contributed by atoms with Crippen LogP contribution in [0.1, 0.15) is 40.5 Å². The summed E-state index contributed by atoms with van der Waals surface area (Å²) < 4.78 is 9.90. The fourth-order valence-corrected chi connectivity index (χ4v) is 2.10. The van der Waals surface area contributed by atoms with Gasteiger partial charge in [0.05, 0.1) is 6.61 Å². The van der Waals surface area contributed by atoms with Gasteiger partial charge in [0.2, 0.25) is 6.10 Å². The number of hydrogen-bond donors (Lipinski definition) is 0. The van der Waals surface area contributed by atoms with E-state index in [4.69, 9.17) is 9.47 Å². The molecule has 0 bridgehead atoms. The normalized spacial score (nSPS) is 22.7. The second kappa shape index (κ2) is 6.11. The first-order valence-electron chi connectivity index (χ1n) is 5.85. The number of cyclic esters (lactones) is 1. The van der Waals surface area contributed by atoms with E-state index >= 15 is 0 Å². The van der Waals surface area contributed by atoms with Gasteiger partial charge in [-0.1, -0.05) is 39.5 Å². The molecule has 0 spiro atoms. The molecule has 0 amide bonds. The summed E-state index contributed by atoms with van der Waals surface area (Å²) in [6.45, 7) is 12.1. The maximum Gasteiger partial charge on any atom is 0.347 e. The predicted octanol–water partition coefficient (Wildman–Crippen LogP) is 2.12. The number of hydrogen-bond acceptors (Lipinski definition) is 4. The van der Waals surface area contributed by atoms with Crippen molar-refractivity contribution in [2.24, 2.45) is 10.8 Å². The number of carbonyl (C=O) groups is 2. The Hall–Kier alpha value is -0.476. The first kappa shape index (κ1) is 17.5. The number of carbonyl (C=O) groups excluding carboxylic acids is 2. The summed E-state index contributed by atoms with van der Waals surface area (Å²) in [4.78, 5) is 23.2. The van der Waals surface area contributed by atoms with Gasteiger partial charge in [0.25, 0.3) is 5.97 Å². The quantitative estimate of drug-likeness (QED) is 0.590. The van der Waals surface area contributed by atoms with Crippen LogP contribution in [-0.4, -0.2) is 24.6 Å². The molecule has 18 heavy (non-hydrogen) atoms. The number of esters is 2. The molecule has 1 heterocycles. The minimum atomic E-state index is -0.832. The van der Waals surface area contributed by atoms with Crippen molar-refractivity contribution in [1.82, 2.24) is 0 Å². The zero-order chi connectivity index (χ0) is 13.3. The fraction of sp³-hybridized carbons (Fsp3) is 0.769. The molecule has 0 saturated carbocycles. The van der Waals surface area contributed by atoms with Crippen molar-refractivity contribution in [2.45, 2.75) is 46.6 Å². The molecule has 0 aliphatic carbocycles. The van der Waals surface area contributed by atoms with Crippen LogP contribution >= 0.6 is 0 Å². The Kier molecular flexibility index (Phi) is 5.95. The molecule has 0 aromatic rings. The van der Waals surface area contributed by atoms with E-state index in [9.17, 15) is 9.59 Å². The Morgan fingerprint density at radius 1 is 1.44 bits per heavy atom. The van der Waals surface area contributed by atoms with Gasteiger partial charge in [0.1, 0.15) is 0 Å². The minimum Gasteiger partial charge on any atom is -0.463 e. The van der Waals surface area contributed by atoms with Crippen LogP contribution in [0, 0.1) is 17.8 Å². The van der Waals surface area contributed by atoms with E-state index in [1.807, 2.05) is 20.8 Å². The average molecular weight is 292 g/mol. The Bertz CT molecular complexity index is 317. The molecular formula is C13H21O4V-. The Morgan fingerprint density at radius 2 is 2.00 bits per heavy atom. The summed E-state index contributed by atoms with van der Waals surface area (Å²) in [7, 11) is 0. The summed E-state index contributed by atoms with van der Waals surface area (Å²) >= 11 is 0. The molecule has 1 radical (unpaired) electrons. The predicted molar refractivity (Wildman–Crippen MR) is 63.0 cm³/mol. The smallest absolute Gasteiger partial charge is 0.347 e. The zero-order valence-corrected chi connectivity index (χ0v) is 12.9. The van der Waals surface area contributed by atoms with Gasteiger partial charge in [-0.05, 0) is 5.41 Å². The van der Waals surface area contributed by atoms with Crippen molar-refractivity contribution in [3.8, 4) is 0 Å². The molecule has 0 aromatic carbocycles. The van der Waals surface area contributed by atoms with Gasteiger partial charge in [0, 0.05) is 25.0 Å². The van der Waals surface area contributed by atoms with E-state index in [-0.39, 0.29) is 24.0 Å². The molecule has 4 nitrogen and oxygen atoms in total. The van der Waals surface area contributed by atoms with Crippen molar-refractivity contribution in [1.29, 1.82) is 0 Å². The van der Waals surface area contributed by atoms with E-state index in [2.05, 4.69) is 6.92 Å². The van der Waals surface area contributed by atoms with E-state index in [1.54, 1.807) is 6.92 Å². The second-order valence-electron chi connectivity index (χ2n) is 6.15. The van der Waals surface area contributed by atoms with Crippen molar-refractivity contribution in [3.63, 3.8) is 0 Å². The monoisotopic (exact) mass is 292 g/mol. The summed E-state index contributed by atoms with van der Waals surface area (Å²) in [5.74, 6) is -0.888. The molecular weight excluding hydrogens is 271 g/mol. The number of rotatable bonds is 3. The van der Waals surface area contributed by atoms with Gasteiger partial charge in [-0.15, -0.1) is 0 Å². The van der Waals surface area contributed by atoms with Crippen molar-refractivity contribution >= 4 is 11.9 Å². The molecule has 0 aromatic heterocycles. The van der Waals surface area contributed by atoms with E-state index in [0.717, 1.165) is 0 Å². The molecule has 0 N–H and O–H groups in total. The summed E-state index contributed by atoms with van der Waals surface area (Å²) in [6, 6.07) is 0. The molecule has 103 valence electrons. The Labute approximate surface area is 121 Å².